The molecule has 0 spiro atoms. The number of halogens is 6. The third-order valence-electron chi connectivity index (χ3n) is 13.0. The number of piperidine rings is 1. The number of hydrogen-bond donors (Lipinski definition) is 1. The van der Waals surface area contributed by atoms with E-state index in [1.807, 2.05) is 13.0 Å². The fraction of sp³-hybridized carbons (Fsp3) is 0.395. The zero-order valence-electron chi connectivity index (χ0n) is 30.7. The van der Waals surface area contributed by atoms with Gasteiger partial charge in [0, 0.05) is 76.4 Å². The summed E-state index contributed by atoms with van der Waals surface area (Å²) in [5.41, 5.74) is 3.15. The maximum absolute atomic E-state index is 17.3. The number of nitrogens with one attached hydrogen (secondary N) is 1. The minimum atomic E-state index is -4.52. The third-order valence-corrected chi connectivity index (χ3v) is 13.8. The van der Waals surface area contributed by atoms with Crippen LogP contribution in [0.15, 0.2) is 54.6 Å². The van der Waals surface area contributed by atoms with Crippen LogP contribution >= 0.6 is 23.2 Å². The Labute approximate surface area is 335 Å². The van der Waals surface area contributed by atoms with E-state index in [1.165, 1.54) is 17.0 Å². The number of nitriles is 1. The highest BCUT2D eigenvalue weighted by Gasteiger charge is 2.57. The molecule has 6 aliphatic rings. The minimum absolute atomic E-state index is 0.0183. The highest BCUT2D eigenvalue weighted by Crippen LogP contribution is 2.54. The van der Waals surface area contributed by atoms with Crippen molar-refractivity contribution in [2.24, 2.45) is 17.8 Å². The Hall–Kier alpha value is -4.70. The molecule has 2 saturated carbocycles. The molecule has 292 valence electrons. The number of aryl methyl sites for hydroxylation is 2. The van der Waals surface area contributed by atoms with Crippen LogP contribution in [0.25, 0.3) is 32.9 Å². The molecular formula is C43H36Cl2F4N6O2. The summed E-state index contributed by atoms with van der Waals surface area (Å²) < 4.78 is 60.1. The Morgan fingerprint density at radius 2 is 1.82 bits per heavy atom. The van der Waals surface area contributed by atoms with Crippen molar-refractivity contribution < 1.29 is 27.2 Å². The molecule has 6 fully saturated rings. The Morgan fingerprint density at radius 1 is 1.05 bits per heavy atom. The van der Waals surface area contributed by atoms with Crippen LogP contribution in [0, 0.1) is 41.8 Å². The van der Waals surface area contributed by atoms with E-state index in [0.717, 1.165) is 54.5 Å². The van der Waals surface area contributed by atoms with Gasteiger partial charge in [-0.1, -0.05) is 35.3 Å². The summed E-state index contributed by atoms with van der Waals surface area (Å²) in [4.78, 5) is 36.9. The predicted molar refractivity (Wildman–Crippen MR) is 208 cm³/mol. The Bertz CT molecular complexity index is 2570. The van der Waals surface area contributed by atoms with Crippen molar-refractivity contribution in [1.82, 2.24) is 19.8 Å². The van der Waals surface area contributed by atoms with Crippen molar-refractivity contribution in [1.29, 1.82) is 5.26 Å². The Balaban J connectivity index is 1.19. The summed E-state index contributed by atoms with van der Waals surface area (Å²) in [6.07, 6.45) is -1.29. The van der Waals surface area contributed by atoms with Gasteiger partial charge in [-0.3, -0.25) is 9.59 Å². The van der Waals surface area contributed by atoms with E-state index < -0.39 is 29.6 Å². The Kier molecular flexibility index (Phi) is 8.46. The number of carbonyl (C=O) groups excluding carboxylic acids is 2. The molecule has 0 radical (unpaired) electrons. The molecule has 2 amide bonds. The van der Waals surface area contributed by atoms with Crippen molar-refractivity contribution in [3.63, 3.8) is 0 Å². The highest BCUT2D eigenvalue weighted by molar-refractivity contribution is 6.43. The lowest BCUT2D eigenvalue weighted by molar-refractivity contribution is -0.140. The van der Waals surface area contributed by atoms with E-state index in [-0.39, 0.29) is 82.2 Å². The van der Waals surface area contributed by atoms with Crippen molar-refractivity contribution in [3.05, 3.63) is 93.0 Å². The van der Waals surface area contributed by atoms with Crippen LogP contribution in [0.1, 0.15) is 66.7 Å². The summed E-state index contributed by atoms with van der Waals surface area (Å²) in [6, 6.07) is 14.6. The van der Waals surface area contributed by atoms with Crippen LogP contribution in [0.2, 0.25) is 10.0 Å². The van der Waals surface area contributed by atoms with E-state index in [1.54, 1.807) is 23.1 Å². The summed E-state index contributed by atoms with van der Waals surface area (Å²) in [5.74, 6) is -1.12. The zero-order chi connectivity index (χ0) is 39.7. The van der Waals surface area contributed by atoms with Gasteiger partial charge in [-0.25, -0.2) is 9.37 Å². The van der Waals surface area contributed by atoms with E-state index in [0.29, 0.717) is 34.3 Å². The van der Waals surface area contributed by atoms with Crippen LogP contribution in [0.4, 0.5) is 23.2 Å². The lowest BCUT2D eigenvalue weighted by Gasteiger charge is -2.40. The fourth-order valence-corrected chi connectivity index (χ4v) is 10.6. The molecule has 14 heteroatoms. The fourth-order valence-electron chi connectivity index (χ4n) is 10.2. The first kappa shape index (κ1) is 36.6. The zero-order valence-corrected chi connectivity index (χ0v) is 32.2. The number of likely N-dealkylation sites (tertiary alicyclic amines) is 1. The smallest absolute Gasteiger partial charge is 0.337 e. The molecule has 57 heavy (non-hydrogen) atoms. The summed E-state index contributed by atoms with van der Waals surface area (Å²) >= 11 is 13.1. The molecule has 4 saturated heterocycles. The van der Waals surface area contributed by atoms with Crippen LogP contribution in [-0.2, 0) is 22.2 Å². The maximum Gasteiger partial charge on any atom is 0.416 e. The molecule has 6 atom stereocenters. The van der Waals surface area contributed by atoms with Gasteiger partial charge in [-0.2, -0.15) is 18.4 Å². The lowest BCUT2D eigenvalue weighted by Crippen LogP contribution is -2.49. The average Bonchev–Trinajstić information content (AvgIpc) is 3.46. The lowest BCUT2D eigenvalue weighted by atomic mass is 9.79. The van der Waals surface area contributed by atoms with Gasteiger partial charge < -0.3 is 19.7 Å². The number of benzene rings is 3. The van der Waals surface area contributed by atoms with E-state index in [9.17, 15) is 28.0 Å². The second-order valence-corrected chi connectivity index (χ2v) is 17.0. The molecule has 8 nitrogen and oxygen atoms in total. The number of pyridine rings is 1. The summed E-state index contributed by atoms with van der Waals surface area (Å²) in [6.45, 7) is 2.86. The third kappa shape index (κ3) is 5.59. The maximum atomic E-state index is 17.3. The first-order chi connectivity index (χ1) is 27.3. The number of aromatic nitrogens is 2. The van der Waals surface area contributed by atoms with Crippen LogP contribution in [0.5, 0.6) is 0 Å². The van der Waals surface area contributed by atoms with Gasteiger partial charge in [0.15, 0.2) is 5.82 Å². The number of hydrogen-bond acceptors (Lipinski definition) is 5. The molecule has 6 heterocycles. The van der Waals surface area contributed by atoms with Crippen LogP contribution in [0.3, 0.4) is 0 Å². The standard InChI is InChI=1S/C43H36Cl2F4N6O2/c1-20-28-17-32(39-24-16-33(55(39)41(56)21-7-8-21)42(57)53(19-24)26-11-9-25(10-12-26)43(47,48)49)54(38-23-15-31(38)51-18-23)40(28)29-14-22(4-3-13-50)34(36(46)37(29)52-20)27-5-2-6-30(44)35(27)45/h2,5-6,9-12,14,17,21,23-24,31,33,38-39,51H,3-4,7-8,15-16,18-19H2,1H3. The Morgan fingerprint density at radius 3 is 2.49 bits per heavy atom. The second-order valence-electron chi connectivity index (χ2n) is 16.2. The van der Waals surface area contributed by atoms with Crippen molar-refractivity contribution in [2.45, 2.75) is 75.8 Å². The molecule has 4 aliphatic heterocycles. The highest BCUT2D eigenvalue weighted by atomic mass is 35.5. The number of fused-ring (bicyclic) bond motifs is 6. The SMILES string of the molecule is Cc1nc2c(F)c(-c3cccc(Cl)c3Cl)c(CCC#N)cc2c2c1cc(C1C3CC(C(=O)N(c4ccc(C(F)(F)F)cc4)C3)N1C(=O)C1CC1)n2C1C2CNC1C2. The molecule has 4 bridgehead atoms. The van der Waals surface area contributed by atoms with Crippen LogP contribution in [-0.4, -0.2) is 51.4 Å². The van der Waals surface area contributed by atoms with Gasteiger partial charge in [0.2, 0.25) is 11.8 Å². The molecule has 3 aromatic carbocycles. The van der Waals surface area contributed by atoms with Gasteiger partial charge in [0.05, 0.1) is 39.3 Å². The van der Waals surface area contributed by atoms with Gasteiger partial charge >= 0.3 is 6.18 Å². The molecule has 1 N–H and O–H groups in total. The van der Waals surface area contributed by atoms with Crippen LogP contribution < -0.4 is 10.2 Å². The van der Waals surface area contributed by atoms with Gasteiger partial charge in [0.25, 0.3) is 0 Å². The van der Waals surface area contributed by atoms with E-state index >= 15 is 4.39 Å². The molecule has 5 aromatic rings. The predicted octanol–water partition coefficient (Wildman–Crippen LogP) is 9.33. The molecule has 11 rings (SSSR count). The minimum Gasteiger partial charge on any atom is -0.337 e. The number of anilines is 1. The normalized spacial score (nSPS) is 25.4. The van der Waals surface area contributed by atoms with Gasteiger partial charge in [-0.05, 0) is 93.0 Å². The number of nitrogens with zero attached hydrogens (tertiary/aromatic N) is 5. The monoisotopic (exact) mass is 814 g/mol. The number of amides is 2. The topological polar surface area (TPSA) is 94.3 Å². The largest absolute Gasteiger partial charge is 0.416 e. The number of rotatable bonds is 7. The molecule has 2 aliphatic carbocycles. The van der Waals surface area contributed by atoms with Crippen molar-refractivity contribution >= 4 is 62.5 Å². The molecular weight excluding hydrogens is 779 g/mol. The van der Waals surface area contributed by atoms with E-state index in [4.69, 9.17) is 28.2 Å². The van der Waals surface area contributed by atoms with Crippen molar-refractivity contribution in [3.8, 4) is 17.2 Å². The van der Waals surface area contributed by atoms with E-state index in [2.05, 4.69) is 22.0 Å². The second kappa shape index (κ2) is 13.2. The average molecular weight is 816 g/mol. The van der Waals surface area contributed by atoms with Crippen molar-refractivity contribution in [2.75, 3.05) is 18.0 Å². The van der Waals surface area contributed by atoms with Gasteiger partial charge in [-0.15, -0.1) is 0 Å². The number of alkyl halides is 3. The molecule has 2 aromatic heterocycles. The summed E-state index contributed by atoms with van der Waals surface area (Å²) in [5, 5.41) is 15.1. The molecule has 6 unspecified atom stereocenters. The quantitative estimate of drug-likeness (QED) is 0.165. The number of carbonyl (C=O) groups is 2. The first-order valence-electron chi connectivity index (χ1n) is 19.4. The summed E-state index contributed by atoms with van der Waals surface area (Å²) in [7, 11) is 0. The first-order valence-corrected chi connectivity index (χ1v) is 20.1. The van der Waals surface area contributed by atoms with Gasteiger partial charge in [0.1, 0.15) is 11.6 Å².